The Kier molecular flexibility index (Phi) is 7.02. The van der Waals surface area contributed by atoms with Gasteiger partial charge in [0, 0.05) is 17.4 Å². The minimum atomic E-state index is -4.39. The minimum absolute atomic E-state index is 0. The molecule has 2 heterocycles. The molecule has 1 aromatic carbocycles. The number of rotatable bonds is 5. The highest BCUT2D eigenvalue weighted by Crippen LogP contribution is 2.33. The molecule has 4 nitrogen and oxygen atoms in total. The van der Waals surface area contributed by atoms with Gasteiger partial charge in [0.2, 0.25) is 5.91 Å². The van der Waals surface area contributed by atoms with Crippen molar-refractivity contribution in [1.82, 2.24) is 10.3 Å². The molecule has 1 amide bonds. The summed E-state index contributed by atoms with van der Waals surface area (Å²) < 4.78 is 38.4. The smallest absolute Gasteiger partial charge is 0.316 e. The zero-order valence-corrected chi connectivity index (χ0v) is 15.4. The largest absolute Gasteiger partial charge is 0.416 e. The van der Waals surface area contributed by atoms with E-state index in [0.717, 1.165) is 38.1 Å². The van der Waals surface area contributed by atoms with Gasteiger partial charge in [-0.25, -0.2) is 4.98 Å². The zero-order valence-electron chi connectivity index (χ0n) is 13.8. The first kappa shape index (κ1) is 20.7. The zero-order chi connectivity index (χ0) is 17.9. The average Bonchev–Trinajstić information content (AvgIpc) is 3.24. The number of amides is 1. The fourth-order valence-electron chi connectivity index (χ4n) is 2.80. The van der Waals surface area contributed by atoms with Gasteiger partial charge in [-0.05, 0) is 44.0 Å². The van der Waals surface area contributed by atoms with Crippen LogP contribution in [0.25, 0.3) is 11.3 Å². The molecule has 0 aliphatic carbocycles. The monoisotopic (exact) mass is 405 g/mol. The topological polar surface area (TPSA) is 54.0 Å². The molecule has 1 unspecified atom stereocenters. The van der Waals surface area contributed by atoms with E-state index in [0.29, 0.717) is 28.7 Å². The van der Waals surface area contributed by atoms with E-state index in [4.69, 9.17) is 0 Å². The van der Waals surface area contributed by atoms with Crippen molar-refractivity contribution in [2.75, 3.05) is 18.4 Å². The van der Waals surface area contributed by atoms with Gasteiger partial charge in [-0.15, -0.1) is 23.7 Å². The van der Waals surface area contributed by atoms with Crippen molar-refractivity contribution in [2.45, 2.75) is 25.4 Å². The van der Waals surface area contributed by atoms with E-state index in [9.17, 15) is 18.0 Å². The molecule has 9 heteroatoms. The van der Waals surface area contributed by atoms with Gasteiger partial charge in [0.25, 0.3) is 0 Å². The lowest BCUT2D eigenvalue weighted by atomic mass is 10.0. The van der Waals surface area contributed by atoms with Crippen LogP contribution in [0.4, 0.5) is 18.3 Å². The standard InChI is InChI=1S/C17H18F3N3OS.ClH/c18-17(19,20)13-3-1-2-12(8-13)14-10-25-16(22-14)23-15(24)5-4-11-6-7-21-9-11;/h1-3,8,10-11,21H,4-7,9H2,(H,22,23,24);1H. The molecule has 1 aliphatic rings. The molecule has 0 radical (unpaired) electrons. The van der Waals surface area contributed by atoms with Crippen LogP contribution in [0.15, 0.2) is 29.6 Å². The maximum atomic E-state index is 12.8. The summed E-state index contributed by atoms with van der Waals surface area (Å²) in [6.45, 7) is 1.95. The van der Waals surface area contributed by atoms with Gasteiger partial charge in [0.15, 0.2) is 5.13 Å². The summed E-state index contributed by atoms with van der Waals surface area (Å²) in [5.41, 5.74) is 0.0868. The van der Waals surface area contributed by atoms with Crippen LogP contribution in [-0.4, -0.2) is 24.0 Å². The first-order valence-corrected chi connectivity index (χ1v) is 8.93. The highest BCUT2D eigenvalue weighted by Gasteiger charge is 2.30. The van der Waals surface area contributed by atoms with Crippen molar-refractivity contribution in [2.24, 2.45) is 5.92 Å². The number of hydrogen-bond acceptors (Lipinski definition) is 4. The third-order valence-corrected chi connectivity index (χ3v) is 4.94. The van der Waals surface area contributed by atoms with Gasteiger partial charge in [-0.1, -0.05) is 12.1 Å². The summed E-state index contributed by atoms with van der Waals surface area (Å²) in [5, 5.41) is 8.04. The summed E-state index contributed by atoms with van der Waals surface area (Å²) in [4.78, 5) is 16.2. The molecule has 0 spiro atoms. The van der Waals surface area contributed by atoms with Gasteiger partial charge >= 0.3 is 6.18 Å². The number of benzene rings is 1. The summed E-state index contributed by atoms with van der Waals surface area (Å²) in [7, 11) is 0. The lowest BCUT2D eigenvalue weighted by molar-refractivity contribution is -0.137. The maximum Gasteiger partial charge on any atom is 0.416 e. The van der Waals surface area contributed by atoms with Crippen molar-refractivity contribution in [1.29, 1.82) is 0 Å². The number of carbonyl (C=O) groups is 1. The molecule has 2 aromatic rings. The molecule has 0 bridgehead atoms. The lowest BCUT2D eigenvalue weighted by Crippen LogP contribution is -2.14. The fourth-order valence-corrected chi connectivity index (χ4v) is 3.53. The number of aromatic nitrogens is 1. The minimum Gasteiger partial charge on any atom is -0.316 e. The Bertz CT molecular complexity index is 745. The van der Waals surface area contributed by atoms with Gasteiger partial charge < -0.3 is 10.6 Å². The Morgan fingerprint density at radius 2 is 2.19 bits per heavy atom. The molecular weight excluding hydrogens is 387 g/mol. The Balaban J connectivity index is 0.00000243. The van der Waals surface area contributed by atoms with E-state index in [1.54, 1.807) is 11.4 Å². The number of nitrogens with zero attached hydrogens (tertiary/aromatic N) is 1. The van der Waals surface area contributed by atoms with Gasteiger partial charge in [-0.3, -0.25) is 4.79 Å². The summed E-state index contributed by atoms with van der Waals surface area (Å²) in [6.07, 6.45) is -2.06. The molecule has 26 heavy (non-hydrogen) atoms. The molecule has 1 saturated heterocycles. The van der Waals surface area contributed by atoms with Crippen LogP contribution >= 0.6 is 23.7 Å². The van der Waals surface area contributed by atoms with Crippen molar-refractivity contribution in [3.8, 4) is 11.3 Å². The fraction of sp³-hybridized carbons (Fsp3) is 0.412. The molecule has 1 aromatic heterocycles. The first-order chi connectivity index (χ1) is 11.9. The Labute approximate surface area is 159 Å². The summed E-state index contributed by atoms with van der Waals surface area (Å²) >= 11 is 1.21. The predicted molar refractivity (Wildman–Crippen MR) is 98.6 cm³/mol. The summed E-state index contributed by atoms with van der Waals surface area (Å²) in [5.74, 6) is 0.416. The number of carbonyl (C=O) groups excluding carboxylic acids is 1. The van der Waals surface area contributed by atoms with Crippen molar-refractivity contribution < 1.29 is 18.0 Å². The van der Waals surface area contributed by atoms with Crippen LogP contribution < -0.4 is 10.6 Å². The van der Waals surface area contributed by atoms with Crippen molar-refractivity contribution in [3.05, 3.63) is 35.2 Å². The van der Waals surface area contributed by atoms with E-state index < -0.39 is 11.7 Å². The molecule has 1 fully saturated rings. The third kappa shape index (κ3) is 5.43. The van der Waals surface area contributed by atoms with Crippen LogP contribution in [0.3, 0.4) is 0 Å². The van der Waals surface area contributed by atoms with Gasteiger partial charge in [-0.2, -0.15) is 13.2 Å². The number of nitrogens with one attached hydrogen (secondary N) is 2. The highest BCUT2D eigenvalue weighted by molar-refractivity contribution is 7.14. The van der Waals surface area contributed by atoms with Crippen LogP contribution in [0.5, 0.6) is 0 Å². The number of hydrogen-bond donors (Lipinski definition) is 2. The predicted octanol–water partition coefficient (Wildman–Crippen LogP) is 4.58. The quantitative estimate of drug-likeness (QED) is 0.765. The first-order valence-electron chi connectivity index (χ1n) is 8.05. The van der Waals surface area contributed by atoms with E-state index >= 15 is 0 Å². The average molecular weight is 406 g/mol. The van der Waals surface area contributed by atoms with Crippen LogP contribution in [-0.2, 0) is 11.0 Å². The number of anilines is 1. The second-order valence-electron chi connectivity index (χ2n) is 6.06. The summed E-state index contributed by atoms with van der Waals surface area (Å²) in [6, 6.07) is 5.01. The van der Waals surface area contributed by atoms with Gasteiger partial charge in [0.05, 0.1) is 11.3 Å². The van der Waals surface area contributed by atoms with Crippen LogP contribution in [0.1, 0.15) is 24.8 Å². The van der Waals surface area contributed by atoms with Crippen molar-refractivity contribution >= 4 is 34.8 Å². The van der Waals surface area contributed by atoms with E-state index in [1.165, 1.54) is 17.4 Å². The Morgan fingerprint density at radius 1 is 1.38 bits per heavy atom. The van der Waals surface area contributed by atoms with Crippen molar-refractivity contribution in [3.63, 3.8) is 0 Å². The van der Waals surface area contributed by atoms with Crippen LogP contribution in [0.2, 0.25) is 0 Å². The highest BCUT2D eigenvalue weighted by atomic mass is 35.5. The van der Waals surface area contributed by atoms with E-state index in [2.05, 4.69) is 15.6 Å². The Hall–Kier alpha value is -1.64. The maximum absolute atomic E-state index is 12.8. The number of halogens is 4. The molecule has 142 valence electrons. The molecule has 1 atom stereocenters. The van der Waals surface area contributed by atoms with Crippen LogP contribution in [0, 0.1) is 5.92 Å². The Morgan fingerprint density at radius 3 is 2.88 bits per heavy atom. The van der Waals surface area contributed by atoms with E-state index in [1.807, 2.05) is 0 Å². The third-order valence-electron chi connectivity index (χ3n) is 4.18. The van der Waals surface area contributed by atoms with Gasteiger partial charge in [0.1, 0.15) is 0 Å². The second kappa shape index (κ2) is 8.83. The number of thiazole rings is 1. The number of alkyl halides is 3. The second-order valence-corrected chi connectivity index (χ2v) is 6.92. The molecule has 1 aliphatic heterocycles. The molecule has 0 saturated carbocycles. The normalized spacial score (nSPS) is 17.0. The lowest BCUT2D eigenvalue weighted by Gasteiger charge is -2.07. The SMILES string of the molecule is Cl.O=C(CCC1CCNC1)Nc1nc(-c2cccc(C(F)(F)F)c2)cs1. The molecule has 3 rings (SSSR count). The molecular formula is C17H19ClF3N3OS. The van der Waals surface area contributed by atoms with E-state index in [-0.39, 0.29) is 18.3 Å². The molecule has 2 N–H and O–H groups in total.